The van der Waals surface area contributed by atoms with Gasteiger partial charge in [-0.25, -0.2) is 15.0 Å². The number of aromatic nitrogens is 4. The van der Waals surface area contributed by atoms with E-state index in [0.29, 0.717) is 17.5 Å². The van der Waals surface area contributed by atoms with Crippen LogP contribution in [-0.2, 0) is 10.8 Å². The summed E-state index contributed by atoms with van der Waals surface area (Å²) in [4.78, 5) is 16.0. The monoisotopic (exact) mass is 956 g/mol. The third-order valence-corrected chi connectivity index (χ3v) is 15.5. The highest BCUT2D eigenvalue weighted by atomic mass is 15.0. The molecule has 0 radical (unpaired) electrons. The summed E-state index contributed by atoms with van der Waals surface area (Å²) in [5.41, 5.74) is 17.1. The molecule has 4 heteroatoms. The van der Waals surface area contributed by atoms with Gasteiger partial charge in [0.05, 0.1) is 21.9 Å². The lowest BCUT2D eigenvalue weighted by Gasteiger charge is -2.37. The fourth-order valence-electron chi connectivity index (χ4n) is 12.4. The molecule has 0 spiro atoms. The van der Waals surface area contributed by atoms with Gasteiger partial charge in [-0.3, -0.25) is 0 Å². The van der Waals surface area contributed by atoms with Gasteiger partial charge in [-0.05, 0) is 86.0 Å². The van der Waals surface area contributed by atoms with Crippen molar-refractivity contribution in [1.82, 2.24) is 19.5 Å². The zero-order chi connectivity index (χ0) is 49.8. The Bertz CT molecular complexity index is 4070. The minimum atomic E-state index is -0.638. The summed E-state index contributed by atoms with van der Waals surface area (Å²) in [5, 5.41) is 2.44. The maximum Gasteiger partial charge on any atom is 0.164 e. The largest absolute Gasteiger partial charge is 0.309 e. The van der Waals surface area contributed by atoms with E-state index >= 15 is 0 Å². The van der Waals surface area contributed by atoms with Crippen LogP contribution in [0.4, 0.5) is 0 Å². The van der Waals surface area contributed by atoms with Gasteiger partial charge in [-0.2, -0.15) is 0 Å². The summed E-state index contributed by atoms with van der Waals surface area (Å²) >= 11 is 0. The van der Waals surface area contributed by atoms with E-state index in [2.05, 4.69) is 278 Å². The van der Waals surface area contributed by atoms with E-state index in [1.165, 1.54) is 60.8 Å². The van der Waals surface area contributed by atoms with Crippen LogP contribution >= 0.6 is 0 Å². The van der Waals surface area contributed by atoms with Crippen LogP contribution < -0.4 is 0 Å². The van der Waals surface area contributed by atoms with E-state index in [1.807, 2.05) is 18.2 Å². The van der Waals surface area contributed by atoms with Crippen LogP contribution in [0.25, 0.3) is 72.8 Å². The van der Waals surface area contributed by atoms with Crippen molar-refractivity contribution < 1.29 is 0 Å². The molecule has 0 unspecified atom stereocenters. The predicted molar refractivity (Wildman–Crippen MR) is 306 cm³/mol. The van der Waals surface area contributed by atoms with Crippen LogP contribution in [0.2, 0.25) is 0 Å². The Morgan fingerprint density at radius 2 is 0.773 bits per heavy atom. The number of benzene rings is 11. The highest BCUT2D eigenvalue weighted by Crippen LogP contribution is 2.59. The lowest BCUT2D eigenvalue weighted by Crippen LogP contribution is -2.31. The summed E-state index contributed by atoms with van der Waals surface area (Å²) < 4.78 is 2.42. The number of nitrogens with zero attached hydrogens (tertiary/aromatic N) is 4. The van der Waals surface area contributed by atoms with Crippen molar-refractivity contribution in [3.8, 4) is 51.0 Å². The Balaban J connectivity index is 0.962. The number of fused-ring (bicyclic) bond motifs is 7. The van der Waals surface area contributed by atoms with Gasteiger partial charge < -0.3 is 4.57 Å². The fraction of sp³-hybridized carbons (Fsp3) is 0.0282. The Hall–Kier alpha value is -9.77. The number of hydrogen-bond donors (Lipinski definition) is 0. The second-order valence-electron chi connectivity index (χ2n) is 19.4. The summed E-state index contributed by atoms with van der Waals surface area (Å²) in [5.74, 6) is 1.80. The van der Waals surface area contributed by atoms with Gasteiger partial charge >= 0.3 is 0 Å². The van der Waals surface area contributed by atoms with E-state index in [1.54, 1.807) is 0 Å². The molecule has 0 saturated carbocycles. The molecule has 0 fully saturated rings. The lowest BCUT2D eigenvalue weighted by atomic mass is 9.65. The zero-order valence-electron chi connectivity index (χ0n) is 41.0. The average molecular weight is 957 g/mol. The second kappa shape index (κ2) is 18.1. The summed E-state index contributed by atoms with van der Waals surface area (Å²) in [6.07, 6.45) is 0. The van der Waals surface area contributed by atoms with Gasteiger partial charge in [-0.15, -0.1) is 0 Å². The van der Waals surface area contributed by atoms with Crippen molar-refractivity contribution in [3.63, 3.8) is 0 Å². The first-order chi connectivity index (χ1) is 37.2. The Morgan fingerprint density at radius 1 is 0.320 bits per heavy atom. The number of para-hydroxylation sites is 1. The molecule has 0 saturated heterocycles. The molecule has 0 aliphatic heterocycles. The van der Waals surface area contributed by atoms with Crippen molar-refractivity contribution in [2.45, 2.75) is 10.8 Å². The van der Waals surface area contributed by atoms with Crippen molar-refractivity contribution in [2.24, 2.45) is 0 Å². The summed E-state index contributed by atoms with van der Waals surface area (Å²) in [6, 6.07) is 105. The minimum absolute atomic E-state index is 0.510. The minimum Gasteiger partial charge on any atom is -0.309 e. The van der Waals surface area contributed by atoms with Crippen LogP contribution in [0.15, 0.2) is 291 Å². The van der Waals surface area contributed by atoms with Gasteiger partial charge in [-0.1, -0.05) is 261 Å². The predicted octanol–water partition coefficient (Wildman–Crippen LogP) is 16.7. The Morgan fingerprint density at radius 3 is 1.37 bits per heavy atom. The summed E-state index contributed by atoms with van der Waals surface area (Å²) in [7, 11) is 0. The summed E-state index contributed by atoms with van der Waals surface area (Å²) in [6.45, 7) is 0. The molecule has 14 rings (SSSR count). The molecule has 75 heavy (non-hydrogen) atoms. The fourth-order valence-corrected chi connectivity index (χ4v) is 12.4. The average Bonchev–Trinajstić information content (AvgIpc) is 4.20. The molecule has 0 amide bonds. The smallest absolute Gasteiger partial charge is 0.164 e. The van der Waals surface area contributed by atoms with E-state index in [4.69, 9.17) is 15.0 Å². The Kier molecular flexibility index (Phi) is 10.6. The van der Waals surface area contributed by atoms with Crippen LogP contribution in [0.3, 0.4) is 0 Å². The maximum atomic E-state index is 5.40. The van der Waals surface area contributed by atoms with Gasteiger partial charge in [0.1, 0.15) is 0 Å². The third kappa shape index (κ3) is 6.95. The Labute approximate surface area is 436 Å². The van der Waals surface area contributed by atoms with E-state index in [9.17, 15) is 0 Å². The first-order valence-electron chi connectivity index (χ1n) is 25.7. The van der Waals surface area contributed by atoms with Crippen LogP contribution in [0, 0.1) is 0 Å². The standard InChI is InChI=1S/C71H48N4/c1-7-25-49(26-8-1)67-72-68(50-27-23-39-57(47-50)70(52-29-9-2-10-30-52,53-31-11-3-12-32-53)54-33-13-4-14-34-54)74-69(73-67)51-28-24-40-58(48-51)75-63-44-22-20-42-60(63)66-64(75)46-45-62-65(66)59-41-19-21-43-61(59)71(62,55-35-15-5-16-36-55)56-37-17-6-18-38-56/h1-48H. The topological polar surface area (TPSA) is 43.6 Å². The molecule has 0 bridgehead atoms. The van der Waals surface area contributed by atoms with Gasteiger partial charge in [0, 0.05) is 33.2 Å². The molecule has 1 aliphatic carbocycles. The quantitative estimate of drug-likeness (QED) is 0.128. The maximum absolute atomic E-state index is 5.40. The van der Waals surface area contributed by atoms with Gasteiger partial charge in [0.15, 0.2) is 17.5 Å². The molecule has 1 aliphatic rings. The number of hydrogen-bond acceptors (Lipinski definition) is 3. The molecule has 2 aromatic heterocycles. The van der Waals surface area contributed by atoms with Gasteiger partial charge in [0.2, 0.25) is 0 Å². The highest BCUT2D eigenvalue weighted by Gasteiger charge is 2.47. The molecule has 13 aromatic rings. The molecule has 4 nitrogen and oxygen atoms in total. The van der Waals surface area contributed by atoms with E-state index < -0.39 is 10.8 Å². The first kappa shape index (κ1) is 44.0. The molecular weight excluding hydrogens is 909 g/mol. The molecule has 352 valence electrons. The lowest BCUT2D eigenvalue weighted by molar-refractivity contribution is 0.745. The highest BCUT2D eigenvalue weighted by molar-refractivity contribution is 6.18. The van der Waals surface area contributed by atoms with Crippen molar-refractivity contribution >= 4 is 21.8 Å². The van der Waals surface area contributed by atoms with Crippen LogP contribution in [-0.4, -0.2) is 19.5 Å². The SMILES string of the molecule is c1ccc(-c2nc(-c3cccc(-n4c5ccccc5c5c6c(ccc54)C(c4ccccc4)(c4ccccc4)c4ccccc4-6)c3)nc(-c3cccc(C(c4ccccc4)(c4ccccc4)c4ccccc4)c3)n2)cc1. The van der Waals surface area contributed by atoms with Gasteiger partial charge in [0.25, 0.3) is 0 Å². The first-order valence-corrected chi connectivity index (χ1v) is 25.7. The van der Waals surface area contributed by atoms with Crippen LogP contribution in [0.5, 0.6) is 0 Å². The molecule has 0 N–H and O–H groups in total. The molecule has 0 atom stereocenters. The van der Waals surface area contributed by atoms with Crippen molar-refractivity contribution in [2.75, 3.05) is 0 Å². The molecule has 11 aromatic carbocycles. The molecule has 2 heterocycles. The number of rotatable bonds is 10. The third-order valence-electron chi connectivity index (χ3n) is 15.5. The normalized spacial score (nSPS) is 12.6. The van der Waals surface area contributed by atoms with Crippen molar-refractivity contribution in [1.29, 1.82) is 0 Å². The molecular formula is C71H48N4. The van der Waals surface area contributed by atoms with E-state index in [0.717, 1.165) is 39.0 Å². The van der Waals surface area contributed by atoms with E-state index in [-0.39, 0.29) is 0 Å². The second-order valence-corrected chi connectivity index (χ2v) is 19.4. The zero-order valence-corrected chi connectivity index (χ0v) is 41.0. The van der Waals surface area contributed by atoms with Crippen molar-refractivity contribution in [3.05, 3.63) is 336 Å². The van der Waals surface area contributed by atoms with Crippen LogP contribution in [0.1, 0.15) is 44.5 Å².